The number of piperazine rings is 1. The summed E-state index contributed by atoms with van der Waals surface area (Å²) in [5.74, 6) is 0.285. The standard InChI is InChI=1S/C26H29N3O5.ClH/c1-16-20(5-6-21-22(16)15-34-26(21)31)23(30)12-28-7-8-29-13-25(33-14-19(29)11-28)17-3-4-18(10-27)24(9-17)32-2;/h3-6,9,19,23,25,30H,7-8,11-15H2,1-2H3;1H/t19-,23?,25+;/m0./s1. The monoisotopic (exact) mass is 499 g/mol. The highest BCUT2D eigenvalue weighted by Gasteiger charge is 2.35. The molecule has 0 spiro atoms. The highest BCUT2D eigenvalue weighted by atomic mass is 35.5. The number of hydrogen-bond donors (Lipinski definition) is 1. The van der Waals surface area contributed by atoms with Gasteiger partial charge in [-0.2, -0.15) is 5.26 Å². The van der Waals surface area contributed by atoms with E-state index in [0.717, 1.165) is 48.4 Å². The van der Waals surface area contributed by atoms with Gasteiger partial charge >= 0.3 is 5.97 Å². The van der Waals surface area contributed by atoms with Crippen LogP contribution in [0.4, 0.5) is 0 Å². The van der Waals surface area contributed by atoms with Crippen LogP contribution in [-0.4, -0.2) is 73.4 Å². The van der Waals surface area contributed by atoms with Gasteiger partial charge in [-0.05, 0) is 41.8 Å². The van der Waals surface area contributed by atoms with Crippen molar-refractivity contribution in [3.8, 4) is 11.8 Å². The summed E-state index contributed by atoms with van der Waals surface area (Å²) < 4.78 is 16.7. The van der Waals surface area contributed by atoms with E-state index in [2.05, 4.69) is 15.9 Å². The molecule has 3 heterocycles. The van der Waals surface area contributed by atoms with Gasteiger partial charge < -0.3 is 19.3 Å². The second kappa shape index (κ2) is 10.5. The topological polar surface area (TPSA) is 95.3 Å². The highest BCUT2D eigenvalue weighted by Crippen LogP contribution is 2.32. The Hall–Kier alpha value is -2.67. The Morgan fingerprint density at radius 2 is 2.09 bits per heavy atom. The van der Waals surface area contributed by atoms with Crippen LogP contribution in [0.3, 0.4) is 0 Å². The van der Waals surface area contributed by atoms with Gasteiger partial charge in [-0.25, -0.2) is 4.79 Å². The molecule has 2 aromatic rings. The SMILES string of the molecule is COc1cc([C@H]2CN3CCN(CC(O)c4ccc5c(c4C)COC5=O)C[C@H]3CO2)ccc1C#N.Cl. The number of hydrogen-bond acceptors (Lipinski definition) is 8. The molecule has 0 aliphatic carbocycles. The van der Waals surface area contributed by atoms with Crippen LogP contribution >= 0.6 is 12.4 Å². The summed E-state index contributed by atoms with van der Waals surface area (Å²) in [5, 5.41) is 20.2. The van der Waals surface area contributed by atoms with Crippen molar-refractivity contribution in [2.45, 2.75) is 31.8 Å². The zero-order chi connectivity index (χ0) is 23.8. The van der Waals surface area contributed by atoms with Gasteiger partial charge in [0, 0.05) is 44.3 Å². The molecule has 3 aliphatic heterocycles. The maximum Gasteiger partial charge on any atom is 0.338 e. The number of methoxy groups -OCH3 is 1. The summed E-state index contributed by atoms with van der Waals surface area (Å²) in [5.41, 5.74) is 4.82. The first-order valence-corrected chi connectivity index (χ1v) is 11.6. The third kappa shape index (κ3) is 4.88. The summed E-state index contributed by atoms with van der Waals surface area (Å²) in [7, 11) is 1.57. The van der Waals surface area contributed by atoms with Gasteiger partial charge in [0.15, 0.2) is 0 Å². The van der Waals surface area contributed by atoms with E-state index in [1.165, 1.54) is 0 Å². The molecule has 3 atom stereocenters. The fourth-order valence-corrected chi connectivity index (χ4v) is 5.29. The first-order valence-electron chi connectivity index (χ1n) is 11.6. The number of aliphatic hydroxyl groups excluding tert-OH is 1. The molecule has 5 rings (SSSR count). The number of aliphatic hydroxyl groups is 1. The second-order valence-corrected chi connectivity index (χ2v) is 9.20. The average Bonchev–Trinajstić information content (AvgIpc) is 3.24. The summed E-state index contributed by atoms with van der Waals surface area (Å²) in [6.45, 7) is 6.75. The molecule has 0 amide bonds. The minimum absolute atomic E-state index is 0. The van der Waals surface area contributed by atoms with E-state index in [1.54, 1.807) is 19.2 Å². The highest BCUT2D eigenvalue weighted by molar-refractivity contribution is 5.93. The van der Waals surface area contributed by atoms with E-state index in [9.17, 15) is 15.2 Å². The van der Waals surface area contributed by atoms with E-state index >= 15 is 0 Å². The fraction of sp³-hybridized carbons (Fsp3) is 0.462. The number of rotatable bonds is 5. The van der Waals surface area contributed by atoms with Gasteiger partial charge in [-0.3, -0.25) is 9.80 Å². The molecule has 3 aliphatic rings. The lowest BCUT2D eigenvalue weighted by Crippen LogP contribution is -2.58. The van der Waals surface area contributed by atoms with E-state index in [0.29, 0.717) is 30.0 Å². The average molecular weight is 500 g/mol. The number of esters is 1. The summed E-state index contributed by atoms with van der Waals surface area (Å²) in [4.78, 5) is 16.5. The maximum absolute atomic E-state index is 11.8. The van der Waals surface area contributed by atoms with Crippen molar-refractivity contribution in [1.29, 1.82) is 5.26 Å². The van der Waals surface area contributed by atoms with Gasteiger partial charge in [0.2, 0.25) is 0 Å². The summed E-state index contributed by atoms with van der Waals surface area (Å²) in [6.07, 6.45) is -0.690. The number of fused-ring (bicyclic) bond motifs is 2. The number of carbonyl (C=O) groups excluding carboxylic acids is 1. The number of β-amino-alcohol motifs (C(OH)–C–C–N with tert-alkyl or cyclic N) is 1. The Morgan fingerprint density at radius 1 is 1.26 bits per heavy atom. The van der Waals surface area contributed by atoms with Gasteiger partial charge in [0.05, 0.1) is 37.1 Å². The van der Waals surface area contributed by atoms with Crippen LogP contribution in [0.15, 0.2) is 30.3 Å². The van der Waals surface area contributed by atoms with Crippen molar-refractivity contribution in [1.82, 2.24) is 9.80 Å². The van der Waals surface area contributed by atoms with Gasteiger partial charge in [0.25, 0.3) is 0 Å². The Labute approximate surface area is 211 Å². The van der Waals surface area contributed by atoms with E-state index < -0.39 is 6.10 Å². The molecule has 1 N–H and O–H groups in total. The molecule has 35 heavy (non-hydrogen) atoms. The number of carbonyl (C=O) groups is 1. The molecule has 0 aromatic heterocycles. The zero-order valence-corrected chi connectivity index (χ0v) is 20.7. The number of nitriles is 1. The Kier molecular flexibility index (Phi) is 7.64. The third-order valence-electron chi connectivity index (χ3n) is 7.29. The van der Waals surface area contributed by atoms with E-state index in [1.807, 2.05) is 25.1 Å². The van der Waals surface area contributed by atoms with Crippen molar-refractivity contribution >= 4 is 18.4 Å². The number of ether oxygens (including phenoxy) is 3. The predicted octanol–water partition coefficient (Wildman–Crippen LogP) is 2.76. The minimum Gasteiger partial charge on any atom is -0.495 e. The molecular formula is C26H30ClN3O5. The molecule has 186 valence electrons. The molecule has 9 heteroatoms. The Morgan fingerprint density at radius 3 is 2.86 bits per heavy atom. The van der Waals surface area contributed by atoms with Gasteiger partial charge in [-0.15, -0.1) is 12.4 Å². The fourth-order valence-electron chi connectivity index (χ4n) is 5.29. The molecule has 2 aromatic carbocycles. The number of morpholine rings is 1. The van der Waals surface area contributed by atoms with Crippen LogP contribution in [0.25, 0.3) is 0 Å². The van der Waals surface area contributed by atoms with Crippen molar-refractivity contribution in [2.24, 2.45) is 0 Å². The van der Waals surface area contributed by atoms with Crippen molar-refractivity contribution < 1.29 is 24.1 Å². The maximum atomic E-state index is 11.8. The molecule has 0 bridgehead atoms. The van der Waals surface area contributed by atoms with E-state index in [4.69, 9.17) is 14.2 Å². The number of nitrogens with zero attached hydrogens (tertiary/aromatic N) is 3. The summed E-state index contributed by atoms with van der Waals surface area (Å²) >= 11 is 0. The van der Waals surface area contributed by atoms with Crippen LogP contribution < -0.4 is 4.74 Å². The first-order chi connectivity index (χ1) is 16.5. The number of benzene rings is 2. The lowest BCUT2D eigenvalue weighted by Gasteiger charge is -2.46. The molecule has 2 saturated heterocycles. The zero-order valence-electron chi connectivity index (χ0n) is 19.9. The first kappa shape index (κ1) is 25.4. The third-order valence-corrected chi connectivity index (χ3v) is 7.29. The van der Waals surface area contributed by atoms with Crippen LogP contribution in [0.5, 0.6) is 5.75 Å². The van der Waals surface area contributed by atoms with Crippen LogP contribution in [0, 0.1) is 18.3 Å². The number of halogens is 1. The van der Waals surface area contributed by atoms with Crippen molar-refractivity contribution in [3.63, 3.8) is 0 Å². The van der Waals surface area contributed by atoms with Gasteiger partial charge in [-0.1, -0.05) is 12.1 Å². The lowest BCUT2D eigenvalue weighted by molar-refractivity contribution is -0.0937. The van der Waals surface area contributed by atoms with Crippen LogP contribution in [0.2, 0.25) is 0 Å². The second-order valence-electron chi connectivity index (χ2n) is 9.20. The lowest BCUT2D eigenvalue weighted by atomic mass is 9.95. The molecule has 1 unspecified atom stereocenters. The minimum atomic E-state index is -0.629. The predicted molar refractivity (Wildman–Crippen MR) is 131 cm³/mol. The molecule has 0 radical (unpaired) electrons. The van der Waals surface area contributed by atoms with E-state index in [-0.39, 0.29) is 37.1 Å². The smallest absolute Gasteiger partial charge is 0.338 e. The summed E-state index contributed by atoms with van der Waals surface area (Å²) in [6, 6.07) is 11.7. The Bertz CT molecular complexity index is 1150. The van der Waals surface area contributed by atoms with Crippen molar-refractivity contribution in [3.05, 3.63) is 63.7 Å². The van der Waals surface area contributed by atoms with Crippen molar-refractivity contribution in [2.75, 3.05) is 46.4 Å². The largest absolute Gasteiger partial charge is 0.495 e. The van der Waals surface area contributed by atoms with Crippen LogP contribution in [-0.2, 0) is 16.1 Å². The quantitative estimate of drug-likeness (QED) is 0.627. The molecule has 2 fully saturated rings. The normalized spacial score (nSPS) is 22.9. The van der Waals surface area contributed by atoms with Gasteiger partial charge in [0.1, 0.15) is 18.4 Å². The van der Waals surface area contributed by atoms with Crippen LogP contribution in [0.1, 0.15) is 50.4 Å². The molecule has 0 saturated carbocycles. The number of cyclic esters (lactones) is 1. The Balaban J connectivity index is 0.00000289. The molecule has 8 nitrogen and oxygen atoms in total. The molecular weight excluding hydrogens is 470 g/mol.